The van der Waals surface area contributed by atoms with Crippen LogP contribution in [-0.4, -0.2) is 25.3 Å². The number of methoxy groups -OCH3 is 2. The van der Waals surface area contributed by atoms with E-state index in [0.717, 1.165) is 5.56 Å². The summed E-state index contributed by atoms with van der Waals surface area (Å²) in [6.07, 6.45) is 0.0561. The van der Waals surface area contributed by atoms with Crippen LogP contribution in [0.15, 0.2) is 18.2 Å². The summed E-state index contributed by atoms with van der Waals surface area (Å²) in [4.78, 5) is 10.8. The number of aliphatic hydroxyl groups excluding tert-OH is 1. The highest BCUT2D eigenvalue weighted by molar-refractivity contribution is 5.72. The van der Waals surface area contributed by atoms with E-state index < -0.39 is 0 Å². The van der Waals surface area contributed by atoms with Gasteiger partial charge in [-0.1, -0.05) is 17.9 Å². The van der Waals surface area contributed by atoms with Gasteiger partial charge >= 0.3 is 5.97 Å². The Kier molecular flexibility index (Phi) is 5.05. The highest BCUT2D eigenvalue weighted by Gasteiger charge is 2.01. The van der Waals surface area contributed by atoms with Gasteiger partial charge in [-0.3, -0.25) is 4.79 Å². The van der Waals surface area contributed by atoms with Gasteiger partial charge in [-0.15, -0.1) is 0 Å². The van der Waals surface area contributed by atoms with Crippen LogP contribution < -0.4 is 4.74 Å². The molecule has 0 bridgehead atoms. The van der Waals surface area contributed by atoms with E-state index in [0.29, 0.717) is 11.3 Å². The first-order valence-corrected chi connectivity index (χ1v) is 5.04. The second kappa shape index (κ2) is 6.56. The Bertz CT molecular complexity index is 454. The topological polar surface area (TPSA) is 55.8 Å². The van der Waals surface area contributed by atoms with E-state index in [1.165, 1.54) is 14.2 Å². The van der Waals surface area contributed by atoms with Crippen molar-refractivity contribution < 1.29 is 19.4 Å². The van der Waals surface area contributed by atoms with Crippen molar-refractivity contribution in [3.63, 3.8) is 0 Å². The van der Waals surface area contributed by atoms with Crippen molar-refractivity contribution in [3.05, 3.63) is 29.3 Å². The molecule has 0 saturated heterocycles. The lowest BCUT2D eigenvalue weighted by Crippen LogP contribution is -1.97. The van der Waals surface area contributed by atoms with E-state index >= 15 is 0 Å². The average Bonchev–Trinajstić information content (AvgIpc) is 2.38. The van der Waals surface area contributed by atoms with Gasteiger partial charge in [0.25, 0.3) is 0 Å². The first kappa shape index (κ1) is 13.1. The van der Waals surface area contributed by atoms with Gasteiger partial charge in [-0.2, -0.15) is 0 Å². The fourth-order valence-corrected chi connectivity index (χ4v) is 1.24. The third kappa shape index (κ3) is 3.82. The standard InChI is InChI=1S/C13H14O4/c1-16-12-8-10(6-7-11(12)9-14)4-3-5-13(15)17-2/h6-8,14H,5,9H2,1-2H3. The van der Waals surface area contributed by atoms with E-state index in [9.17, 15) is 4.79 Å². The molecule has 17 heavy (non-hydrogen) atoms. The monoisotopic (exact) mass is 234 g/mol. The smallest absolute Gasteiger partial charge is 0.317 e. The molecule has 0 aliphatic heterocycles. The number of carbonyl (C=O) groups is 1. The minimum absolute atomic E-state index is 0.0561. The molecule has 1 N–H and O–H groups in total. The maximum absolute atomic E-state index is 10.8. The van der Waals surface area contributed by atoms with Crippen molar-refractivity contribution in [3.8, 4) is 17.6 Å². The Morgan fingerprint density at radius 3 is 2.76 bits per heavy atom. The zero-order chi connectivity index (χ0) is 12.7. The van der Waals surface area contributed by atoms with Crippen molar-refractivity contribution in [1.29, 1.82) is 0 Å². The predicted molar refractivity (Wildman–Crippen MR) is 62.4 cm³/mol. The molecule has 0 spiro atoms. The molecule has 0 aliphatic rings. The number of hydrogen-bond acceptors (Lipinski definition) is 4. The van der Waals surface area contributed by atoms with Crippen molar-refractivity contribution in [2.24, 2.45) is 0 Å². The molecular weight excluding hydrogens is 220 g/mol. The van der Waals surface area contributed by atoms with E-state index in [1.807, 2.05) is 0 Å². The van der Waals surface area contributed by atoms with Crippen LogP contribution in [0.1, 0.15) is 17.5 Å². The van der Waals surface area contributed by atoms with Gasteiger partial charge in [-0.05, 0) is 12.1 Å². The largest absolute Gasteiger partial charge is 0.496 e. The normalized spacial score (nSPS) is 9.12. The zero-order valence-corrected chi connectivity index (χ0v) is 9.82. The Labute approximate surface area is 100 Å². The maximum Gasteiger partial charge on any atom is 0.317 e. The summed E-state index contributed by atoms with van der Waals surface area (Å²) in [7, 11) is 2.85. The minimum Gasteiger partial charge on any atom is -0.496 e. The lowest BCUT2D eigenvalue weighted by atomic mass is 10.1. The van der Waals surface area contributed by atoms with Crippen molar-refractivity contribution >= 4 is 5.97 Å². The number of rotatable bonds is 3. The molecule has 0 unspecified atom stereocenters. The maximum atomic E-state index is 10.8. The third-order valence-electron chi connectivity index (χ3n) is 2.15. The fourth-order valence-electron chi connectivity index (χ4n) is 1.24. The highest BCUT2D eigenvalue weighted by atomic mass is 16.5. The second-order valence-corrected chi connectivity index (χ2v) is 3.24. The molecule has 0 heterocycles. The molecule has 0 saturated carbocycles. The molecule has 0 amide bonds. The van der Waals surface area contributed by atoms with E-state index in [-0.39, 0.29) is 19.0 Å². The molecule has 1 rings (SSSR count). The van der Waals surface area contributed by atoms with Crippen molar-refractivity contribution in [2.75, 3.05) is 14.2 Å². The second-order valence-electron chi connectivity index (χ2n) is 3.24. The molecule has 0 radical (unpaired) electrons. The molecule has 4 nitrogen and oxygen atoms in total. The molecule has 1 aromatic rings. The molecule has 4 heteroatoms. The molecule has 90 valence electrons. The minimum atomic E-state index is -0.364. The summed E-state index contributed by atoms with van der Waals surface area (Å²) < 4.78 is 9.58. The average molecular weight is 234 g/mol. The molecule has 1 aromatic carbocycles. The van der Waals surface area contributed by atoms with Crippen LogP contribution in [0, 0.1) is 11.8 Å². The number of ether oxygens (including phenoxy) is 2. The lowest BCUT2D eigenvalue weighted by Gasteiger charge is -2.05. The van der Waals surface area contributed by atoms with Gasteiger partial charge in [0.05, 0.1) is 20.8 Å². The number of carbonyl (C=O) groups excluding carboxylic acids is 1. The van der Waals surface area contributed by atoms with Crippen molar-refractivity contribution in [1.82, 2.24) is 0 Å². The molecule has 0 aliphatic carbocycles. The summed E-state index contributed by atoms with van der Waals surface area (Å²) in [6.45, 7) is -0.0843. The summed E-state index contributed by atoms with van der Waals surface area (Å²) in [6, 6.07) is 5.22. The number of benzene rings is 1. The number of hydrogen-bond donors (Lipinski definition) is 1. The van der Waals surface area contributed by atoms with Gasteiger partial charge in [0, 0.05) is 11.1 Å². The van der Waals surface area contributed by atoms with Gasteiger partial charge in [-0.25, -0.2) is 0 Å². The molecule has 0 atom stereocenters. The summed E-state index contributed by atoms with van der Waals surface area (Å²) >= 11 is 0. The Morgan fingerprint density at radius 1 is 1.41 bits per heavy atom. The highest BCUT2D eigenvalue weighted by Crippen LogP contribution is 2.19. The van der Waals surface area contributed by atoms with Crippen LogP contribution in [0.5, 0.6) is 5.75 Å². The third-order valence-corrected chi connectivity index (χ3v) is 2.15. The Hall–Kier alpha value is -1.99. The van der Waals surface area contributed by atoms with Crippen LogP contribution in [0.2, 0.25) is 0 Å². The van der Waals surface area contributed by atoms with E-state index in [1.54, 1.807) is 18.2 Å². The summed E-state index contributed by atoms with van der Waals surface area (Å²) in [5.41, 5.74) is 1.42. The van der Waals surface area contributed by atoms with Crippen LogP contribution in [-0.2, 0) is 16.1 Å². The van der Waals surface area contributed by atoms with Crippen LogP contribution in [0.4, 0.5) is 0 Å². The van der Waals surface area contributed by atoms with Gasteiger partial charge < -0.3 is 14.6 Å². The fraction of sp³-hybridized carbons (Fsp3) is 0.308. The quantitative estimate of drug-likeness (QED) is 0.628. The van der Waals surface area contributed by atoms with Crippen LogP contribution >= 0.6 is 0 Å². The van der Waals surface area contributed by atoms with Crippen LogP contribution in [0.3, 0.4) is 0 Å². The summed E-state index contributed by atoms with van der Waals surface area (Å²) in [5, 5.41) is 9.04. The first-order chi connectivity index (χ1) is 8.21. The number of aliphatic hydroxyl groups is 1. The van der Waals surface area contributed by atoms with Crippen molar-refractivity contribution in [2.45, 2.75) is 13.0 Å². The van der Waals surface area contributed by atoms with E-state index in [4.69, 9.17) is 9.84 Å². The Balaban J connectivity index is 2.82. The predicted octanol–water partition coefficient (Wildman–Crippen LogP) is 1.10. The number of esters is 1. The van der Waals surface area contributed by atoms with Crippen LogP contribution in [0.25, 0.3) is 0 Å². The van der Waals surface area contributed by atoms with Gasteiger partial charge in [0.15, 0.2) is 0 Å². The van der Waals surface area contributed by atoms with Gasteiger partial charge in [0.2, 0.25) is 0 Å². The zero-order valence-electron chi connectivity index (χ0n) is 9.82. The first-order valence-electron chi connectivity index (χ1n) is 5.04. The molecular formula is C13H14O4. The lowest BCUT2D eigenvalue weighted by molar-refractivity contribution is -0.139. The van der Waals surface area contributed by atoms with Gasteiger partial charge in [0.1, 0.15) is 12.2 Å². The molecule has 0 aromatic heterocycles. The molecule has 0 fully saturated rings. The Morgan fingerprint density at radius 2 is 2.18 bits per heavy atom. The summed E-state index contributed by atoms with van der Waals surface area (Å²) in [5.74, 6) is 5.74. The SMILES string of the molecule is COC(=O)CC#Cc1ccc(CO)c(OC)c1. The van der Waals surface area contributed by atoms with E-state index in [2.05, 4.69) is 16.6 Å².